The van der Waals surface area contributed by atoms with Crippen molar-refractivity contribution >= 4 is 11.6 Å². The summed E-state index contributed by atoms with van der Waals surface area (Å²) in [6.45, 7) is 6.26. The predicted molar refractivity (Wildman–Crippen MR) is 94.3 cm³/mol. The fourth-order valence-electron chi connectivity index (χ4n) is 3.25. The molecule has 0 radical (unpaired) electrons. The van der Waals surface area contributed by atoms with E-state index < -0.39 is 12.2 Å². The Morgan fingerprint density at radius 1 is 1.17 bits per heavy atom. The van der Waals surface area contributed by atoms with Gasteiger partial charge in [0, 0.05) is 17.7 Å². The van der Waals surface area contributed by atoms with Crippen LogP contribution in [0, 0.1) is 6.92 Å². The lowest BCUT2D eigenvalue weighted by Crippen LogP contribution is -2.52. The number of carbonyl (C=O) groups excluding carboxylic acids is 1. The quantitative estimate of drug-likeness (QED) is 0.940. The Kier molecular flexibility index (Phi) is 4.69. The molecule has 126 valence electrons. The predicted octanol–water partition coefficient (Wildman–Crippen LogP) is 3.48. The molecule has 0 spiro atoms. The number of ether oxygens (including phenoxy) is 1. The lowest BCUT2D eigenvalue weighted by Gasteiger charge is -2.42. The molecule has 3 atom stereocenters. The maximum absolute atomic E-state index is 13.1. The topological polar surface area (TPSA) is 49.8 Å². The second-order valence-electron chi connectivity index (χ2n) is 6.21. The van der Waals surface area contributed by atoms with E-state index in [1.165, 1.54) is 0 Å². The van der Waals surface area contributed by atoms with Crippen LogP contribution < -0.4 is 4.90 Å². The number of benzene rings is 2. The van der Waals surface area contributed by atoms with Crippen LogP contribution in [-0.2, 0) is 4.74 Å². The minimum absolute atomic E-state index is 0.107. The molecule has 0 aliphatic carbocycles. The van der Waals surface area contributed by atoms with Gasteiger partial charge in [0.25, 0.3) is 5.91 Å². The Hall–Kier alpha value is -2.17. The van der Waals surface area contributed by atoms with Crippen molar-refractivity contribution in [1.29, 1.82) is 0 Å². The second kappa shape index (κ2) is 6.75. The number of fused-ring (bicyclic) bond motifs is 1. The van der Waals surface area contributed by atoms with Crippen LogP contribution in [0.1, 0.15) is 41.4 Å². The molecule has 1 aliphatic heterocycles. The highest BCUT2D eigenvalue weighted by Gasteiger charge is 2.41. The molecule has 3 rings (SSSR count). The molecule has 4 heteroatoms. The highest BCUT2D eigenvalue weighted by atomic mass is 16.5. The van der Waals surface area contributed by atoms with E-state index in [1.54, 1.807) is 4.90 Å². The van der Waals surface area contributed by atoms with Crippen LogP contribution in [0.2, 0.25) is 0 Å². The molecule has 4 nitrogen and oxygen atoms in total. The van der Waals surface area contributed by atoms with E-state index in [-0.39, 0.29) is 11.9 Å². The first-order valence-electron chi connectivity index (χ1n) is 8.33. The molecule has 1 amide bonds. The Morgan fingerprint density at radius 2 is 1.83 bits per heavy atom. The monoisotopic (exact) mass is 325 g/mol. The van der Waals surface area contributed by atoms with Gasteiger partial charge in [0.15, 0.2) is 0 Å². The van der Waals surface area contributed by atoms with Crippen LogP contribution in [0.3, 0.4) is 0 Å². The third-order valence-electron chi connectivity index (χ3n) is 4.58. The molecular weight excluding hydrogens is 302 g/mol. The van der Waals surface area contributed by atoms with E-state index in [2.05, 4.69) is 0 Å². The molecule has 1 N–H and O–H groups in total. The number of aliphatic hydroxyl groups excluding tert-OH is 1. The van der Waals surface area contributed by atoms with Crippen LogP contribution >= 0.6 is 0 Å². The van der Waals surface area contributed by atoms with Gasteiger partial charge < -0.3 is 14.7 Å². The maximum atomic E-state index is 13.1. The van der Waals surface area contributed by atoms with E-state index in [9.17, 15) is 9.90 Å². The standard InChI is InChI=1S/C20H23NO3/c1-4-24-19-16-7-5-6-8-17(16)21(14(3)18(19)22)20(23)15-11-9-13(2)10-12-15/h5-12,14,18-19,22H,4H2,1-3H3/t14-,18-,19-/m1/s1. The minimum Gasteiger partial charge on any atom is -0.388 e. The van der Waals surface area contributed by atoms with Gasteiger partial charge in [-0.2, -0.15) is 0 Å². The van der Waals surface area contributed by atoms with Crippen LogP contribution in [0.4, 0.5) is 5.69 Å². The molecule has 1 heterocycles. The SMILES string of the molecule is CCO[C@@H]1c2ccccc2N(C(=O)c2ccc(C)cc2)[C@H](C)[C@H]1O. The third kappa shape index (κ3) is 2.83. The van der Waals surface area contributed by atoms with Gasteiger partial charge in [0.05, 0.1) is 11.7 Å². The molecule has 2 aromatic rings. The van der Waals surface area contributed by atoms with Gasteiger partial charge in [0.1, 0.15) is 12.2 Å². The van der Waals surface area contributed by atoms with Crippen molar-refractivity contribution in [1.82, 2.24) is 0 Å². The number of carbonyl (C=O) groups is 1. The Balaban J connectivity index is 2.05. The van der Waals surface area contributed by atoms with Crippen LogP contribution in [0.25, 0.3) is 0 Å². The summed E-state index contributed by atoms with van der Waals surface area (Å²) < 4.78 is 5.75. The molecule has 0 unspecified atom stereocenters. The van der Waals surface area contributed by atoms with Crippen molar-refractivity contribution in [2.75, 3.05) is 11.5 Å². The Morgan fingerprint density at radius 3 is 2.50 bits per heavy atom. The van der Waals surface area contributed by atoms with Crippen molar-refractivity contribution in [2.24, 2.45) is 0 Å². The first kappa shape index (κ1) is 16.7. The van der Waals surface area contributed by atoms with Crippen LogP contribution in [0.15, 0.2) is 48.5 Å². The van der Waals surface area contributed by atoms with E-state index in [0.29, 0.717) is 12.2 Å². The number of amides is 1. The summed E-state index contributed by atoms with van der Waals surface area (Å²) in [6, 6.07) is 14.8. The zero-order valence-electron chi connectivity index (χ0n) is 14.3. The van der Waals surface area contributed by atoms with Crippen molar-refractivity contribution in [3.8, 4) is 0 Å². The summed E-state index contributed by atoms with van der Waals surface area (Å²) in [6.07, 6.45) is -1.18. The van der Waals surface area contributed by atoms with E-state index in [0.717, 1.165) is 16.8 Å². The molecule has 0 saturated heterocycles. The van der Waals surface area contributed by atoms with Gasteiger partial charge in [-0.3, -0.25) is 4.79 Å². The number of hydrogen-bond acceptors (Lipinski definition) is 3. The zero-order valence-corrected chi connectivity index (χ0v) is 14.3. The van der Waals surface area contributed by atoms with E-state index in [4.69, 9.17) is 4.74 Å². The number of para-hydroxylation sites is 1. The first-order chi connectivity index (χ1) is 11.5. The summed E-state index contributed by atoms with van der Waals surface area (Å²) >= 11 is 0. The van der Waals surface area contributed by atoms with Gasteiger partial charge in [-0.15, -0.1) is 0 Å². The fraction of sp³-hybridized carbons (Fsp3) is 0.350. The molecule has 0 aromatic heterocycles. The second-order valence-corrected chi connectivity index (χ2v) is 6.21. The molecule has 1 aliphatic rings. The fourth-order valence-corrected chi connectivity index (χ4v) is 3.25. The highest BCUT2D eigenvalue weighted by Crippen LogP contribution is 2.39. The molecule has 2 aromatic carbocycles. The first-order valence-corrected chi connectivity index (χ1v) is 8.33. The lowest BCUT2D eigenvalue weighted by molar-refractivity contribution is -0.0476. The number of aryl methyl sites for hydroxylation is 1. The Bertz CT molecular complexity index is 726. The molecule has 24 heavy (non-hydrogen) atoms. The van der Waals surface area contributed by atoms with Crippen molar-refractivity contribution in [3.05, 3.63) is 65.2 Å². The zero-order chi connectivity index (χ0) is 17.3. The van der Waals surface area contributed by atoms with Crippen LogP contribution in [0.5, 0.6) is 0 Å². The van der Waals surface area contributed by atoms with Crippen LogP contribution in [-0.4, -0.2) is 29.8 Å². The maximum Gasteiger partial charge on any atom is 0.258 e. The minimum atomic E-state index is -0.769. The number of anilines is 1. The largest absolute Gasteiger partial charge is 0.388 e. The summed E-state index contributed by atoms with van der Waals surface area (Å²) in [5.74, 6) is -0.107. The normalized spacial score (nSPS) is 23.0. The van der Waals surface area contributed by atoms with Gasteiger partial charge in [-0.05, 0) is 39.0 Å². The summed E-state index contributed by atoms with van der Waals surface area (Å²) in [7, 11) is 0. The lowest BCUT2D eigenvalue weighted by atomic mass is 9.90. The summed E-state index contributed by atoms with van der Waals surface area (Å²) in [4.78, 5) is 14.7. The van der Waals surface area contributed by atoms with Gasteiger partial charge in [0.2, 0.25) is 0 Å². The molecule has 0 bridgehead atoms. The summed E-state index contributed by atoms with van der Waals surface area (Å²) in [5, 5.41) is 10.7. The van der Waals surface area contributed by atoms with E-state index in [1.807, 2.05) is 69.3 Å². The average Bonchev–Trinajstić information content (AvgIpc) is 2.59. The molecule has 0 saturated carbocycles. The number of nitrogens with zero attached hydrogens (tertiary/aromatic N) is 1. The number of aliphatic hydroxyl groups is 1. The summed E-state index contributed by atoms with van der Waals surface area (Å²) in [5.41, 5.74) is 3.38. The highest BCUT2D eigenvalue weighted by molar-refractivity contribution is 6.07. The number of hydrogen-bond donors (Lipinski definition) is 1. The van der Waals surface area contributed by atoms with Crippen molar-refractivity contribution in [2.45, 2.75) is 39.0 Å². The van der Waals surface area contributed by atoms with Crippen molar-refractivity contribution in [3.63, 3.8) is 0 Å². The average molecular weight is 325 g/mol. The third-order valence-corrected chi connectivity index (χ3v) is 4.58. The van der Waals surface area contributed by atoms with Crippen molar-refractivity contribution < 1.29 is 14.6 Å². The Labute approximate surface area is 142 Å². The van der Waals surface area contributed by atoms with Gasteiger partial charge in [-0.25, -0.2) is 0 Å². The molecular formula is C20H23NO3. The number of rotatable bonds is 3. The molecule has 0 fully saturated rings. The van der Waals surface area contributed by atoms with Gasteiger partial charge in [-0.1, -0.05) is 35.9 Å². The van der Waals surface area contributed by atoms with Gasteiger partial charge >= 0.3 is 0 Å². The van der Waals surface area contributed by atoms with E-state index >= 15 is 0 Å². The smallest absolute Gasteiger partial charge is 0.258 e.